The zero-order valence-electron chi connectivity index (χ0n) is 11.7. The first-order chi connectivity index (χ1) is 9.93. The van der Waals surface area contributed by atoms with E-state index in [4.69, 9.17) is 9.47 Å². The van der Waals surface area contributed by atoms with Gasteiger partial charge >= 0.3 is 6.18 Å². The molecule has 4 nitrogen and oxygen atoms in total. The quantitative estimate of drug-likeness (QED) is 0.751. The number of nitrogens with one attached hydrogen (secondary N) is 1. The molecule has 1 rings (SSSR count). The van der Waals surface area contributed by atoms with Gasteiger partial charge in [0.1, 0.15) is 5.75 Å². The molecule has 0 aliphatic heterocycles. The Hall–Kier alpha value is -1.76. The molecule has 1 aromatic rings. The lowest BCUT2D eigenvalue weighted by Crippen LogP contribution is -2.30. The van der Waals surface area contributed by atoms with Gasteiger partial charge in [0.25, 0.3) is 5.91 Å². The predicted octanol–water partition coefficient (Wildman–Crippen LogP) is 2.63. The van der Waals surface area contributed by atoms with Gasteiger partial charge in [0.15, 0.2) is 6.61 Å². The van der Waals surface area contributed by atoms with E-state index in [9.17, 15) is 18.0 Å². The summed E-state index contributed by atoms with van der Waals surface area (Å²) in [4.78, 5) is 11.4. The molecule has 0 radical (unpaired) electrons. The number of alkyl halides is 3. The van der Waals surface area contributed by atoms with Crippen LogP contribution in [0.2, 0.25) is 0 Å². The van der Waals surface area contributed by atoms with E-state index in [-0.39, 0.29) is 18.3 Å². The first kappa shape index (κ1) is 17.3. The molecule has 0 bridgehead atoms. The Labute approximate surface area is 121 Å². The van der Waals surface area contributed by atoms with E-state index in [1.807, 2.05) is 6.92 Å². The Bertz CT molecular complexity index is 432. The van der Waals surface area contributed by atoms with Crippen LogP contribution in [-0.4, -0.2) is 32.3 Å². The summed E-state index contributed by atoms with van der Waals surface area (Å²) in [5, 5.41) is 2.62. The lowest BCUT2D eigenvalue weighted by atomic mass is 10.2. The van der Waals surface area contributed by atoms with Crippen molar-refractivity contribution in [1.82, 2.24) is 5.32 Å². The van der Waals surface area contributed by atoms with Gasteiger partial charge < -0.3 is 14.8 Å². The van der Waals surface area contributed by atoms with Gasteiger partial charge in [-0.25, -0.2) is 0 Å². The number of carbonyl (C=O) groups excluding carboxylic acids is 1. The van der Waals surface area contributed by atoms with Gasteiger partial charge in [-0.05, 0) is 37.6 Å². The van der Waals surface area contributed by atoms with Crippen molar-refractivity contribution in [1.29, 1.82) is 0 Å². The number of hydrogen-bond donors (Lipinski definition) is 1. The lowest BCUT2D eigenvalue weighted by Gasteiger charge is -2.09. The maximum atomic E-state index is 12.3. The van der Waals surface area contributed by atoms with E-state index >= 15 is 0 Å². The normalized spacial score (nSPS) is 11.2. The van der Waals surface area contributed by atoms with Crippen molar-refractivity contribution in [2.24, 2.45) is 0 Å². The Morgan fingerprint density at radius 2 is 1.90 bits per heavy atom. The maximum absolute atomic E-state index is 12.3. The molecule has 0 spiro atoms. The molecular weight excluding hydrogens is 287 g/mol. The van der Waals surface area contributed by atoms with Gasteiger partial charge in [-0.3, -0.25) is 4.79 Å². The Balaban J connectivity index is 2.27. The number of ether oxygens (including phenoxy) is 2. The van der Waals surface area contributed by atoms with Crippen molar-refractivity contribution in [3.63, 3.8) is 0 Å². The Morgan fingerprint density at radius 1 is 1.24 bits per heavy atom. The van der Waals surface area contributed by atoms with Gasteiger partial charge in [0.05, 0.1) is 5.56 Å². The van der Waals surface area contributed by atoms with Crippen molar-refractivity contribution in [3.05, 3.63) is 29.8 Å². The summed E-state index contributed by atoms with van der Waals surface area (Å²) in [6.07, 6.45) is -3.68. The van der Waals surface area contributed by atoms with E-state index in [1.54, 1.807) is 0 Å². The summed E-state index contributed by atoms with van der Waals surface area (Å²) < 4.78 is 47.3. The molecule has 0 atom stereocenters. The lowest BCUT2D eigenvalue weighted by molar-refractivity contribution is -0.137. The second kappa shape index (κ2) is 8.51. The zero-order chi connectivity index (χ0) is 15.7. The zero-order valence-corrected chi connectivity index (χ0v) is 11.7. The van der Waals surface area contributed by atoms with Crippen LogP contribution in [0.25, 0.3) is 0 Å². The van der Waals surface area contributed by atoms with Gasteiger partial charge in [-0.2, -0.15) is 13.2 Å². The summed E-state index contributed by atoms with van der Waals surface area (Å²) in [5.41, 5.74) is -0.754. The van der Waals surface area contributed by atoms with Crippen LogP contribution >= 0.6 is 0 Å². The summed E-state index contributed by atoms with van der Waals surface area (Å²) in [7, 11) is 0. The van der Waals surface area contributed by atoms with Crippen molar-refractivity contribution in [2.45, 2.75) is 19.5 Å². The summed E-state index contributed by atoms with van der Waals surface area (Å²) in [6, 6.07) is 4.20. The minimum Gasteiger partial charge on any atom is -0.484 e. The minimum atomic E-state index is -4.38. The largest absolute Gasteiger partial charge is 0.484 e. The average molecular weight is 305 g/mol. The minimum absolute atomic E-state index is 0.215. The molecule has 0 unspecified atom stereocenters. The number of carbonyl (C=O) groups is 1. The third-order valence-corrected chi connectivity index (χ3v) is 2.54. The fraction of sp³-hybridized carbons (Fsp3) is 0.500. The van der Waals surface area contributed by atoms with Crippen LogP contribution < -0.4 is 10.1 Å². The van der Waals surface area contributed by atoms with E-state index < -0.39 is 11.7 Å². The molecule has 0 heterocycles. The SMILES string of the molecule is CCOCCCNC(=O)COc1ccc(C(F)(F)F)cc1. The van der Waals surface area contributed by atoms with Crippen molar-refractivity contribution >= 4 is 5.91 Å². The van der Waals surface area contributed by atoms with Crippen LogP contribution in [0.1, 0.15) is 18.9 Å². The van der Waals surface area contributed by atoms with Crippen molar-refractivity contribution < 1.29 is 27.4 Å². The molecule has 7 heteroatoms. The van der Waals surface area contributed by atoms with E-state index in [2.05, 4.69) is 5.32 Å². The third kappa shape index (κ3) is 6.99. The monoisotopic (exact) mass is 305 g/mol. The number of hydrogen-bond acceptors (Lipinski definition) is 3. The van der Waals surface area contributed by atoms with Crippen LogP contribution in [0.5, 0.6) is 5.75 Å². The van der Waals surface area contributed by atoms with Crippen LogP contribution in [0.15, 0.2) is 24.3 Å². The molecule has 1 N–H and O–H groups in total. The molecule has 0 saturated heterocycles. The topological polar surface area (TPSA) is 47.6 Å². The second-order valence-electron chi connectivity index (χ2n) is 4.21. The maximum Gasteiger partial charge on any atom is 0.416 e. The highest BCUT2D eigenvalue weighted by atomic mass is 19.4. The highest BCUT2D eigenvalue weighted by molar-refractivity contribution is 5.77. The molecule has 0 fully saturated rings. The van der Waals surface area contributed by atoms with Gasteiger partial charge in [-0.15, -0.1) is 0 Å². The second-order valence-corrected chi connectivity index (χ2v) is 4.21. The van der Waals surface area contributed by atoms with Crippen LogP contribution in [0.3, 0.4) is 0 Å². The molecule has 1 amide bonds. The number of amides is 1. The highest BCUT2D eigenvalue weighted by Crippen LogP contribution is 2.30. The third-order valence-electron chi connectivity index (χ3n) is 2.54. The molecule has 0 aromatic heterocycles. The summed E-state index contributed by atoms with van der Waals surface area (Å²) in [5.74, 6) is -0.112. The van der Waals surface area contributed by atoms with Gasteiger partial charge in [0.2, 0.25) is 0 Å². The molecule has 118 valence electrons. The van der Waals surface area contributed by atoms with E-state index in [0.717, 1.165) is 12.1 Å². The molecule has 0 saturated carbocycles. The van der Waals surface area contributed by atoms with E-state index in [0.29, 0.717) is 26.2 Å². The Kier molecular flexibility index (Phi) is 7.01. The Morgan fingerprint density at radius 3 is 2.48 bits per heavy atom. The first-order valence-corrected chi connectivity index (χ1v) is 6.58. The fourth-order valence-electron chi connectivity index (χ4n) is 1.49. The van der Waals surface area contributed by atoms with Crippen LogP contribution in [-0.2, 0) is 15.7 Å². The predicted molar refractivity (Wildman–Crippen MR) is 71.1 cm³/mol. The van der Waals surface area contributed by atoms with Crippen LogP contribution in [0.4, 0.5) is 13.2 Å². The van der Waals surface area contributed by atoms with Crippen LogP contribution in [0, 0.1) is 0 Å². The first-order valence-electron chi connectivity index (χ1n) is 6.58. The summed E-state index contributed by atoms with van der Waals surface area (Å²) >= 11 is 0. The molecule has 21 heavy (non-hydrogen) atoms. The fourth-order valence-corrected chi connectivity index (χ4v) is 1.49. The number of benzene rings is 1. The van der Waals surface area contributed by atoms with E-state index in [1.165, 1.54) is 12.1 Å². The van der Waals surface area contributed by atoms with Gasteiger partial charge in [-0.1, -0.05) is 0 Å². The number of rotatable bonds is 8. The molecule has 0 aliphatic rings. The standard InChI is InChI=1S/C14H18F3NO3/c1-2-20-9-3-8-18-13(19)10-21-12-6-4-11(5-7-12)14(15,16)17/h4-7H,2-3,8-10H2,1H3,(H,18,19). The smallest absolute Gasteiger partial charge is 0.416 e. The van der Waals surface area contributed by atoms with Gasteiger partial charge in [0, 0.05) is 19.8 Å². The molecule has 1 aromatic carbocycles. The molecular formula is C14H18F3NO3. The van der Waals surface area contributed by atoms with Crippen molar-refractivity contribution in [2.75, 3.05) is 26.4 Å². The summed E-state index contributed by atoms with van der Waals surface area (Å²) in [6.45, 7) is 3.31. The highest BCUT2D eigenvalue weighted by Gasteiger charge is 2.30. The average Bonchev–Trinajstić information content (AvgIpc) is 2.44. The van der Waals surface area contributed by atoms with Crippen molar-refractivity contribution in [3.8, 4) is 5.75 Å². The number of halogens is 3. The molecule has 0 aliphatic carbocycles.